The normalized spacial score (nSPS) is 39.7. The first kappa shape index (κ1) is 23.0. The van der Waals surface area contributed by atoms with E-state index in [0.717, 1.165) is 0 Å². The van der Waals surface area contributed by atoms with Crippen molar-refractivity contribution in [3.63, 3.8) is 0 Å². The molecule has 0 aromatic carbocycles. The van der Waals surface area contributed by atoms with Crippen LogP contribution in [0, 0.1) is 0 Å². The molecule has 1 rings (SSSR count). The fourth-order valence-corrected chi connectivity index (χ4v) is 3.38. The maximum absolute atomic E-state index is 10.2. The first-order valence-electron chi connectivity index (χ1n) is 4.05. The second-order valence-corrected chi connectivity index (χ2v) is 7.85. The van der Waals surface area contributed by atoms with Crippen molar-refractivity contribution >= 4 is 105 Å². The van der Waals surface area contributed by atoms with Crippen LogP contribution in [0.15, 0.2) is 0 Å². The van der Waals surface area contributed by atoms with Crippen LogP contribution in [0.4, 0.5) is 4.53 Å². The molecule has 1 saturated carbocycles. The van der Waals surface area contributed by atoms with E-state index in [1.54, 1.807) is 0 Å². The van der Waals surface area contributed by atoms with E-state index >= 15 is 0 Å². The van der Waals surface area contributed by atoms with Crippen LogP contribution in [0.1, 0.15) is 0 Å². The Labute approximate surface area is 150 Å². The van der Waals surface area contributed by atoms with Crippen LogP contribution in [0.5, 0.6) is 0 Å². The molecule has 2 N–H and O–H groups in total. The van der Waals surface area contributed by atoms with Crippen LogP contribution in [-0.2, 0) is 3.22 Å². The molecule has 0 atom stereocenters. The van der Waals surface area contributed by atoms with Gasteiger partial charge in [0.2, 0.25) is 0 Å². The van der Waals surface area contributed by atoms with E-state index in [9.17, 15) is 4.53 Å². The number of hydrogen-bond acceptors (Lipinski definition) is 3. The Hall–Kier alpha value is 2.72. The maximum atomic E-state index is 10.2. The van der Waals surface area contributed by atoms with Gasteiger partial charge in [-0.3, -0.25) is 0 Å². The minimum atomic E-state index is -3.65. The molecule has 0 saturated heterocycles. The molecule has 0 heterocycles. The molecular weight excluding hydrogens is 506 g/mol. The molecule has 1 fully saturated rings. The van der Waals surface area contributed by atoms with Gasteiger partial charge in [-0.1, -0.05) is 0 Å². The summed E-state index contributed by atoms with van der Waals surface area (Å²) < 4.78 is 27.7. The van der Waals surface area contributed by atoms with Crippen molar-refractivity contribution in [2.45, 2.75) is 32.3 Å². The summed E-state index contributed by atoms with van der Waals surface area (Å²) in [4.78, 5) is 0. The van der Waals surface area contributed by atoms with Gasteiger partial charge in [-0.15, -0.1) is 69.6 Å². The second kappa shape index (κ2) is 11.3. The molecule has 3 nitrogen and oxygen atoms in total. The van der Waals surface area contributed by atoms with Crippen LogP contribution < -0.4 is 0 Å². The van der Waals surface area contributed by atoms with Crippen LogP contribution >= 0.6 is 83.1 Å². The van der Waals surface area contributed by atoms with Gasteiger partial charge in [0, 0.05) is 0 Å². The van der Waals surface area contributed by atoms with Crippen LogP contribution in [0.25, 0.3) is 0 Å². The Balaban J connectivity index is 0. The first-order chi connectivity index (χ1) is 7.73. The van der Waals surface area contributed by atoms with Crippen molar-refractivity contribution in [1.82, 2.24) is 0 Å². The van der Waals surface area contributed by atoms with E-state index in [1.165, 1.54) is 0 Å². The summed E-state index contributed by atoms with van der Waals surface area (Å²) in [5.41, 5.74) is 0. The number of alkyl halides is 6. The predicted octanol–water partition coefficient (Wildman–Crippen LogP) is 2.61. The number of halogens is 7. The van der Waals surface area contributed by atoms with Gasteiger partial charge in [-0.2, -0.15) is 13.5 Å². The standard InChI is InChI=1S/C6H6Cl6.FO.2H2O.H2S.Sb/c7-1-2(8)4(10)6(12)5(11)3(1)9;1-2;;;;/h1-6H;;3*1H2;/q;-1;;;;+3/p-2/t1-,2-,3-,4+,5+,6+;;;;;. The third-order valence-corrected chi connectivity index (χ3v) is 6.27. The molecule has 0 bridgehead atoms. The zero-order valence-electron chi connectivity index (χ0n) is 8.36. The fraction of sp³-hybridized carbons (Fsp3) is 1.00. The molecule has 0 aromatic rings. The Morgan fingerprint density at radius 1 is 0.722 bits per heavy atom. The fourth-order valence-electron chi connectivity index (χ4n) is 1.05. The summed E-state index contributed by atoms with van der Waals surface area (Å²) in [5, 5.41) is -2.62. The third kappa shape index (κ3) is 7.13. The zero-order valence-corrected chi connectivity index (χ0v) is 16.4. The van der Waals surface area contributed by atoms with E-state index in [0.29, 0.717) is 0 Å². The Kier molecular flexibility index (Phi) is 14.4. The van der Waals surface area contributed by atoms with Gasteiger partial charge in [0.25, 0.3) is 0 Å². The van der Waals surface area contributed by atoms with E-state index in [2.05, 4.69) is 3.22 Å². The van der Waals surface area contributed by atoms with Gasteiger partial charge in [-0.25, -0.2) is 0 Å². The van der Waals surface area contributed by atoms with Gasteiger partial charge in [0.1, 0.15) is 0 Å². The van der Waals surface area contributed by atoms with Gasteiger partial charge in [0.05, 0.1) is 32.3 Å². The van der Waals surface area contributed by atoms with E-state index in [1.807, 2.05) is 0 Å². The SMILES string of the molecule is Cl[C@H]1[C@H](Cl)[C@@H](Cl)[C@@H](Cl)[C@H](Cl)[C@H]1Cl.S.[OH][Sb]([OH])[O]F. The first-order valence-corrected chi connectivity index (χ1v) is 9.99. The van der Waals surface area contributed by atoms with Crippen molar-refractivity contribution < 1.29 is 14.5 Å². The van der Waals surface area contributed by atoms with E-state index in [-0.39, 0.29) is 13.5 Å². The molecule has 112 valence electrons. The topological polar surface area (TPSA) is 49.7 Å². The average Bonchev–Trinajstić information content (AvgIpc) is 2.32. The minimum absolute atomic E-state index is 0. The van der Waals surface area contributed by atoms with Gasteiger partial charge >= 0.3 is 36.0 Å². The van der Waals surface area contributed by atoms with Crippen LogP contribution in [0.2, 0.25) is 0 Å². The van der Waals surface area contributed by atoms with Gasteiger partial charge in [-0.05, 0) is 0 Å². The van der Waals surface area contributed by atoms with Gasteiger partial charge in [0.15, 0.2) is 0 Å². The zero-order chi connectivity index (χ0) is 13.7. The van der Waals surface area contributed by atoms with E-state index in [4.69, 9.17) is 76.4 Å². The molecule has 0 radical (unpaired) electrons. The average molecular weight is 516 g/mol. The van der Waals surface area contributed by atoms with Crippen molar-refractivity contribution in [1.29, 1.82) is 0 Å². The van der Waals surface area contributed by atoms with Crippen molar-refractivity contribution in [3.8, 4) is 0 Å². The molecule has 1 aliphatic carbocycles. The second-order valence-electron chi connectivity index (χ2n) is 2.99. The van der Waals surface area contributed by atoms with Crippen LogP contribution in [-0.4, -0.2) is 60.5 Å². The molecular formula is C6H10Cl6FO3SSb. The molecule has 0 spiro atoms. The Morgan fingerprint density at radius 3 is 0.889 bits per heavy atom. The summed E-state index contributed by atoms with van der Waals surface area (Å²) in [6.07, 6.45) is 0. The number of hydrogen-bond donors (Lipinski definition) is 2. The third-order valence-electron chi connectivity index (χ3n) is 1.89. The van der Waals surface area contributed by atoms with Gasteiger partial charge < -0.3 is 0 Å². The number of rotatable bonds is 1. The summed E-state index contributed by atoms with van der Waals surface area (Å²) in [7, 11) is 0. The summed E-state index contributed by atoms with van der Waals surface area (Å²) in [6, 6.07) is 0. The quantitative estimate of drug-likeness (QED) is 0.417. The Bertz CT molecular complexity index is 175. The summed E-state index contributed by atoms with van der Waals surface area (Å²) in [5.74, 6) is 0. The van der Waals surface area contributed by atoms with Crippen LogP contribution in [0.3, 0.4) is 0 Å². The van der Waals surface area contributed by atoms with E-state index < -0.39 is 53.7 Å². The molecule has 0 unspecified atom stereocenters. The van der Waals surface area contributed by atoms with Crippen molar-refractivity contribution in [3.05, 3.63) is 0 Å². The summed E-state index contributed by atoms with van der Waals surface area (Å²) >= 11 is 31.6. The molecule has 0 aliphatic heterocycles. The molecule has 12 heteroatoms. The van der Waals surface area contributed by atoms with Crippen molar-refractivity contribution in [2.75, 3.05) is 0 Å². The molecule has 18 heavy (non-hydrogen) atoms. The Morgan fingerprint density at radius 2 is 0.833 bits per heavy atom. The summed E-state index contributed by atoms with van der Waals surface area (Å²) in [6.45, 7) is 0. The monoisotopic (exact) mass is 512 g/mol. The van der Waals surface area contributed by atoms with Crippen molar-refractivity contribution in [2.24, 2.45) is 0 Å². The molecule has 0 aromatic heterocycles. The molecule has 1 aliphatic rings. The predicted molar refractivity (Wildman–Crippen MR) is 80.6 cm³/mol. The molecule has 0 amide bonds.